The van der Waals surface area contributed by atoms with Gasteiger partial charge in [-0.25, -0.2) is 4.98 Å². The lowest BCUT2D eigenvalue weighted by Crippen LogP contribution is -2.32. The number of anilines is 3. The number of para-hydroxylation sites is 1. The van der Waals surface area contributed by atoms with Crippen LogP contribution in [0.4, 0.5) is 17.5 Å². The van der Waals surface area contributed by atoms with Crippen LogP contribution in [0.25, 0.3) is 0 Å². The molecule has 0 aliphatic carbocycles. The first-order valence-corrected chi connectivity index (χ1v) is 6.97. The van der Waals surface area contributed by atoms with E-state index in [1.165, 1.54) is 11.3 Å². The number of hydrogen-bond acceptors (Lipinski definition) is 5. The molecule has 0 amide bonds. The van der Waals surface area contributed by atoms with Crippen molar-refractivity contribution in [1.82, 2.24) is 9.97 Å². The molecule has 6 heteroatoms. The van der Waals surface area contributed by atoms with Crippen molar-refractivity contribution in [1.29, 1.82) is 0 Å². The number of rotatable bonds is 3. The zero-order valence-electron chi connectivity index (χ0n) is 10.9. The molecule has 0 spiro atoms. The molecule has 1 aliphatic rings. The molecule has 1 aliphatic heterocycles. The second-order valence-electron chi connectivity index (χ2n) is 4.85. The molecule has 0 unspecified atom stereocenters. The summed E-state index contributed by atoms with van der Waals surface area (Å²) in [6, 6.07) is 10.4. The Hall–Kier alpha value is -2.01. The largest absolute Gasteiger partial charge is 0.380 e. The average Bonchev–Trinajstić information content (AvgIpc) is 2.44. The fraction of sp³-hybridized carbons (Fsp3) is 0.286. The highest BCUT2D eigenvalue weighted by Gasteiger charge is 2.17. The molecule has 1 aromatic heterocycles. The van der Waals surface area contributed by atoms with Gasteiger partial charge in [0, 0.05) is 24.3 Å². The van der Waals surface area contributed by atoms with E-state index in [0.717, 1.165) is 19.4 Å². The first kappa shape index (κ1) is 13.0. The van der Waals surface area contributed by atoms with E-state index in [0.29, 0.717) is 17.0 Å². The fourth-order valence-electron chi connectivity index (χ4n) is 2.41. The van der Waals surface area contributed by atoms with Crippen LogP contribution in [0.2, 0.25) is 5.15 Å². The molecular formula is C14H16ClN5. The summed E-state index contributed by atoms with van der Waals surface area (Å²) in [5.74, 6) is 0.838. The van der Waals surface area contributed by atoms with Gasteiger partial charge in [-0.1, -0.05) is 29.8 Å². The number of aryl methyl sites for hydroxylation is 1. The van der Waals surface area contributed by atoms with Gasteiger partial charge in [0.1, 0.15) is 11.0 Å². The predicted molar refractivity (Wildman–Crippen MR) is 82.1 cm³/mol. The second kappa shape index (κ2) is 5.54. The summed E-state index contributed by atoms with van der Waals surface area (Å²) in [5.41, 5.74) is 8.16. The molecular weight excluding hydrogens is 274 g/mol. The predicted octanol–water partition coefficient (Wildman–Crippen LogP) is 2.55. The normalized spacial score (nSPS) is 17.1. The summed E-state index contributed by atoms with van der Waals surface area (Å²) in [7, 11) is 0. The minimum absolute atomic E-state index is 0.182. The van der Waals surface area contributed by atoms with E-state index in [-0.39, 0.29) is 5.95 Å². The number of hydrogen-bond donors (Lipinski definition) is 3. The lowest BCUT2D eigenvalue weighted by atomic mass is 9.98. The molecule has 20 heavy (non-hydrogen) atoms. The molecule has 0 saturated carbocycles. The first-order chi connectivity index (χ1) is 9.70. The SMILES string of the molecule is Nc1nc(Cl)cc(NC[C@H]2CCc3ccccc3N2)n1. The maximum absolute atomic E-state index is 5.85. The molecule has 2 aromatic rings. The number of aromatic nitrogens is 2. The molecule has 3 rings (SSSR count). The number of nitrogens with zero attached hydrogens (tertiary/aromatic N) is 2. The molecule has 4 N–H and O–H groups in total. The Morgan fingerprint density at radius 3 is 3.05 bits per heavy atom. The van der Waals surface area contributed by atoms with Crippen LogP contribution < -0.4 is 16.4 Å². The van der Waals surface area contributed by atoms with Gasteiger partial charge in [-0.3, -0.25) is 0 Å². The van der Waals surface area contributed by atoms with Crippen LogP contribution in [-0.2, 0) is 6.42 Å². The lowest BCUT2D eigenvalue weighted by molar-refractivity contribution is 0.653. The molecule has 0 fully saturated rings. The van der Waals surface area contributed by atoms with E-state index in [2.05, 4.69) is 38.8 Å². The maximum Gasteiger partial charge on any atom is 0.223 e. The number of fused-ring (bicyclic) bond motifs is 1. The summed E-state index contributed by atoms with van der Waals surface area (Å²) in [4.78, 5) is 7.94. The third kappa shape index (κ3) is 2.93. The third-order valence-corrected chi connectivity index (χ3v) is 3.57. The number of benzene rings is 1. The first-order valence-electron chi connectivity index (χ1n) is 6.59. The molecule has 1 atom stereocenters. The minimum Gasteiger partial charge on any atom is -0.380 e. The van der Waals surface area contributed by atoms with Crippen LogP contribution in [-0.4, -0.2) is 22.6 Å². The van der Waals surface area contributed by atoms with E-state index in [1.54, 1.807) is 6.07 Å². The van der Waals surface area contributed by atoms with Crippen molar-refractivity contribution in [2.24, 2.45) is 0 Å². The van der Waals surface area contributed by atoms with E-state index < -0.39 is 0 Å². The van der Waals surface area contributed by atoms with Crippen molar-refractivity contribution in [3.8, 4) is 0 Å². The number of nitrogens with one attached hydrogen (secondary N) is 2. The molecule has 5 nitrogen and oxygen atoms in total. The Bertz CT molecular complexity index is 596. The zero-order valence-corrected chi connectivity index (χ0v) is 11.7. The summed E-state index contributed by atoms with van der Waals surface area (Å²) >= 11 is 5.85. The van der Waals surface area contributed by atoms with Crippen LogP contribution in [0.3, 0.4) is 0 Å². The Kier molecular flexibility index (Phi) is 3.60. The van der Waals surface area contributed by atoms with Crippen LogP contribution in [0.15, 0.2) is 30.3 Å². The Balaban J connectivity index is 1.62. The van der Waals surface area contributed by atoms with Crippen LogP contribution in [0.5, 0.6) is 0 Å². The van der Waals surface area contributed by atoms with Gasteiger partial charge in [-0.2, -0.15) is 4.98 Å². The van der Waals surface area contributed by atoms with Crippen LogP contribution >= 0.6 is 11.6 Å². The Morgan fingerprint density at radius 1 is 1.35 bits per heavy atom. The van der Waals surface area contributed by atoms with Gasteiger partial charge in [0.15, 0.2) is 0 Å². The van der Waals surface area contributed by atoms with Crippen molar-refractivity contribution in [3.05, 3.63) is 41.0 Å². The number of nitrogen functional groups attached to an aromatic ring is 1. The summed E-state index contributed by atoms with van der Waals surface area (Å²) in [5, 5.41) is 7.12. The molecule has 2 heterocycles. The standard InChI is InChI=1S/C14H16ClN5/c15-12-7-13(20-14(16)19-12)17-8-10-6-5-9-3-1-2-4-11(9)18-10/h1-4,7,10,18H,5-6,8H2,(H3,16,17,19,20)/t10-/m1/s1. The van der Waals surface area contributed by atoms with Crippen molar-refractivity contribution < 1.29 is 0 Å². The lowest BCUT2D eigenvalue weighted by Gasteiger charge is -2.27. The summed E-state index contributed by atoms with van der Waals surface area (Å²) in [6.07, 6.45) is 2.17. The highest BCUT2D eigenvalue weighted by molar-refractivity contribution is 6.29. The highest BCUT2D eigenvalue weighted by Crippen LogP contribution is 2.24. The number of nitrogens with two attached hydrogens (primary N) is 1. The third-order valence-electron chi connectivity index (χ3n) is 3.38. The minimum atomic E-state index is 0.182. The summed E-state index contributed by atoms with van der Waals surface area (Å²) < 4.78 is 0. The zero-order chi connectivity index (χ0) is 13.9. The molecule has 104 valence electrons. The van der Waals surface area contributed by atoms with Gasteiger partial charge in [0.2, 0.25) is 5.95 Å². The molecule has 0 bridgehead atoms. The average molecular weight is 290 g/mol. The van der Waals surface area contributed by atoms with Gasteiger partial charge >= 0.3 is 0 Å². The van der Waals surface area contributed by atoms with Crippen molar-refractivity contribution >= 4 is 29.1 Å². The Labute approximate surface area is 122 Å². The maximum atomic E-state index is 5.85. The van der Waals surface area contributed by atoms with Crippen molar-refractivity contribution in [3.63, 3.8) is 0 Å². The van der Waals surface area contributed by atoms with Gasteiger partial charge in [0.25, 0.3) is 0 Å². The molecule has 1 aromatic carbocycles. The second-order valence-corrected chi connectivity index (χ2v) is 5.24. The van der Waals surface area contributed by atoms with E-state index in [1.807, 2.05) is 6.07 Å². The quantitative estimate of drug-likeness (QED) is 0.757. The molecule has 0 radical (unpaired) electrons. The van der Waals surface area contributed by atoms with Crippen molar-refractivity contribution in [2.75, 3.05) is 22.9 Å². The van der Waals surface area contributed by atoms with Gasteiger partial charge < -0.3 is 16.4 Å². The van der Waals surface area contributed by atoms with Gasteiger partial charge in [0.05, 0.1) is 0 Å². The number of halogens is 1. The topological polar surface area (TPSA) is 75.9 Å². The van der Waals surface area contributed by atoms with E-state index >= 15 is 0 Å². The van der Waals surface area contributed by atoms with Crippen LogP contribution in [0, 0.1) is 0 Å². The van der Waals surface area contributed by atoms with Gasteiger partial charge in [-0.05, 0) is 24.5 Å². The van der Waals surface area contributed by atoms with Gasteiger partial charge in [-0.15, -0.1) is 0 Å². The van der Waals surface area contributed by atoms with E-state index in [9.17, 15) is 0 Å². The smallest absolute Gasteiger partial charge is 0.223 e. The van der Waals surface area contributed by atoms with Crippen molar-refractivity contribution in [2.45, 2.75) is 18.9 Å². The highest BCUT2D eigenvalue weighted by atomic mass is 35.5. The molecule has 0 saturated heterocycles. The Morgan fingerprint density at radius 2 is 2.20 bits per heavy atom. The fourth-order valence-corrected chi connectivity index (χ4v) is 2.60. The monoisotopic (exact) mass is 289 g/mol. The van der Waals surface area contributed by atoms with Crippen LogP contribution in [0.1, 0.15) is 12.0 Å². The van der Waals surface area contributed by atoms with E-state index in [4.69, 9.17) is 17.3 Å². The summed E-state index contributed by atoms with van der Waals surface area (Å²) in [6.45, 7) is 0.765.